The molecule has 3 nitrogen and oxygen atoms in total. The quantitative estimate of drug-likeness (QED) is 0.576. The molecule has 0 aliphatic carbocycles. The summed E-state index contributed by atoms with van der Waals surface area (Å²) in [4.78, 5) is 10.3. The van der Waals surface area contributed by atoms with Gasteiger partial charge in [0.2, 0.25) is 0 Å². The largest absolute Gasteiger partial charge is 0.298 e. The highest BCUT2D eigenvalue weighted by Crippen LogP contribution is 2.14. The number of carbonyl (C=O) groups is 1. The molecular formula is C6H7ClN2O. The first-order chi connectivity index (χ1) is 4.66. The maximum atomic E-state index is 10.3. The van der Waals surface area contributed by atoms with Gasteiger partial charge in [-0.15, -0.1) is 0 Å². The average molecular weight is 159 g/mol. The molecule has 0 saturated heterocycles. The number of nitrogens with zero attached hydrogens (tertiary/aromatic N) is 2. The van der Waals surface area contributed by atoms with E-state index in [0.29, 0.717) is 11.8 Å². The zero-order valence-corrected chi connectivity index (χ0v) is 6.51. The molecule has 0 N–H and O–H groups in total. The van der Waals surface area contributed by atoms with Crippen LogP contribution in [-0.4, -0.2) is 16.1 Å². The van der Waals surface area contributed by atoms with E-state index in [9.17, 15) is 4.79 Å². The number of carbonyl (C=O) groups excluding carboxylic acids is 1. The Bertz CT molecular complexity index is 267. The summed E-state index contributed by atoms with van der Waals surface area (Å²) < 4.78 is 1.58. The van der Waals surface area contributed by atoms with Gasteiger partial charge in [-0.1, -0.05) is 11.6 Å². The van der Waals surface area contributed by atoms with Gasteiger partial charge in [0.15, 0.2) is 11.4 Å². The van der Waals surface area contributed by atoms with E-state index in [2.05, 4.69) is 5.10 Å². The van der Waals surface area contributed by atoms with Crippen molar-refractivity contribution in [3.63, 3.8) is 0 Å². The van der Waals surface area contributed by atoms with Gasteiger partial charge in [0.25, 0.3) is 0 Å². The number of aldehydes is 1. The summed E-state index contributed by atoms with van der Waals surface area (Å²) in [5.74, 6) is 0. The Morgan fingerprint density at radius 1 is 1.70 bits per heavy atom. The minimum Gasteiger partial charge on any atom is -0.298 e. The molecule has 0 amide bonds. The van der Waals surface area contributed by atoms with Gasteiger partial charge in [-0.25, -0.2) is 0 Å². The van der Waals surface area contributed by atoms with E-state index in [1.807, 2.05) is 0 Å². The van der Waals surface area contributed by atoms with Crippen molar-refractivity contribution in [3.05, 3.63) is 16.4 Å². The van der Waals surface area contributed by atoms with Crippen LogP contribution in [0.15, 0.2) is 0 Å². The normalized spacial score (nSPS) is 9.90. The van der Waals surface area contributed by atoms with E-state index in [0.717, 1.165) is 5.69 Å². The molecule has 4 heteroatoms. The first-order valence-corrected chi connectivity index (χ1v) is 3.19. The molecule has 0 bridgehead atoms. The molecule has 0 aromatic carbocycles. The van der Waals surface area contributed by atoms with Gasteiger partial charge in [-0.2, -0.15) is 5.10 Å². The smallest absolute Gasteiger partial charge is 0.161 e. The lowest BCUT2D eigenvalue weighted by Gasteiger charge is -1.89. The lowest BCUT2D eigenvalue weighted by Crippen LogP contribution is -1.93. The molecule has 1 rings (SSSR count). The van der Waals surface area contributed by atoms with Crippen LogP contribution in [0.3, 0.4) is 0 Å². The van der Waals surface area contributed by atoms with Crippen molar-refractivity contribution in [1.82, 2.24) is 9.78 Å². The molecule has 0 atom stereocenters. The van der Waals surface area contributed by atoms with Crippen LogP contribution in [0, 0.1) is 6.92 Å². The molecule has 0 aliphatic rings. The Balaban J connectivity index is 3.33. The Hall–Kier alpha value is -0.830. The fraction of sp³-hybridized carbons (Fsp3) is 0.333. The van der Waals surface area contributed by atoms with E-state index >= 15 is 0 Å². The van der Waals surface area contributed by atoms with Crippen molar-refractivity contribution in [1.29, 1.82) is 0 Å². The van der Waals surface area contributed by atoms with Gasteiger partial charge in [0.1, 0.15) is 0 Å². The number of rotatable bonds is 1. The summed E-state index contributed by atoms with van der Waals surface area (Å²) >= 11 is 5.59. The monoisotopic (exact) mass is 158 g/mol. The molecule has 54 valence electrons. The second-order valence-electron chi connectivity index (χ2n) is 2.03. The Morgan fingerprint density at radius 2 is 2.30 bits per heavy atom. The van der Waals surface area contributed by atoms with Crippen LogP contribution in [0.4, 0.5) is 0 Å². The van der Waals surface area contributed by atoms with Crippen LogP contribution in [0.5, 0.6) is 0 Å². The molecule has 1 aromatic heterocycles. The van der Waals surface area contributed by atoms with Gasteiger partial charge in [-0.3, -0.25) is 9.48 Å². The third-order valence-electron chi connectivity index (χ3n) is 1.45. The summed E-state index contributed by atoms with van der Waals surface area (Å²) in [6.07, 6.45) is 0.713. The summed E-state index contributed by atoms with van der Waals surface area (Å²) in [6.45, 7) is 1.79. The minimum absolute atomic E-state index is 0.273. The molecule has 0 radical (unpaired) electrons. The summed E-state index contributed by atoms with van der Waals surface area (Å²) in [5.41, 5.74) is 1.27. The molecule has 0 saturated carbocycles. The number of aryl methyl sites for hydroxylation is 1. The molecule has 0 unspecified atom stereocenters. The molecule has 10 heavy (non-hydrogen) atoms. The lowest BCUT2D eigenvalue weighted by molar-refractivity contribution is 0.112. The first-order valence-electron chi connectivity index (χ1n) is 2.81. The van der Waals surface area contributed by atoms with E-state index in [-0.39, 0.29) is 5.15 Å². The number of hydrogen-bond acceptors (Lipinski definition) is 2. The van der Waals surface area contributed by atoms with Crippen LogP contribution >= 0.6 is 11.6 Å². The molecule has 0 spiro atoms. The SMILES string of the molecule is Cc1c(C=O)c(Cl)nn1C. The van der Waals surface area contributed by atoms with Crippen LogP contribution in [-0.2, 0) is 7.05 Å². The summed E-state index contributed by atoms with van der Waals surface area (Å²) in [5, 5.41) is 4.11. The summed E-state index contributed by atoms with van der Waals surface area (Å²) in [7, 11) is 1.74. The van der Waals surface area contributed by atoms with Gasteiger partial charge in [0, 0.05) is 12.7 Å². The Labute approximate surface area is 63.6 Å². The van der Waals surface area contributed by atoms with Crippen molar-refractivity contribution < 1.29 is 4.79 Å². The van der Waals surface area contributed by atoms with Crippen molar-refractivity contribution in [2.75, 3.05) is 0 Å². The molecule has 1 aromatic rings. The highest BCUT2D eigenvalue weighted by molar-refractivity contribution is 6.31. The van der Waals surface area contributed by atoms with Crippen molar-refractivity contribution in [3.8, 4) is 0 Å². The molecular weight excluding hydrogens is 152 g/mol. The predicted molar refractivity (Wildman–Crippen MR) is 38.3 cm³/mol. The zero-order chi connectivity index (χ0) is 7.72. The molecule has 1 heterocycles. The van der Waals surface area contributed by atoms with E-state index in [4.69, 9.17) is 11.6 Å². The maximum Gasteiger partial charge on any atom is 0.161 e. The first kappa shape index (κ1) is 7.28. The third kappa shape index (κ3) is 0.926. The van der Waals surface area contributed by atoms with Crippen molar-refractivity contribution in [2.24, 2.45) is 7.05 Å². The second kappa shape index (κ2) is 2.42. The van der Waals surface area contributed by atoms with Crippen molar-refractivity contribution >= 4 is 17.9 Å². The average Bonchev–Trinajstić information content (AvgIpc) is 2.09. The zero-order valence-electron chi connectivity index (χ0n) is 5.76. The van der Waals surface area contributed by atoms with E-state index in [1.165, 1.54) is 0 Å². The van der Waals surface area contributed by atoms with Crippen LogP contribution in [0.25, 0.3) is 0 Å². The van der Waals surface area contributed by atoms with E-state index < -0.39 is 0 Å². The topological polar surface area (TPSA) is 34.9 Å². The predicted octanol–water partition coefficient (Wildman–Crippen LogP) is 1.19. The van der Waals surface area contributed by atoms with Gasteiger partial charge in [0.05, 0.1) is 5.56 Å². The Morgan fingerprint density at radius 3 is 2.50 bits per heavy atom. The second-order valence-corrected chi connectivity index (χ2v) is 2.39. The fourth-order valence-electron chi connectivity index (χ4n) is 0.718. The lowest BCUT2D eigenvalue weighted by atomic mass is 10.3. The fourth-order valence-corrected chi connectivity index (χ4v) is 1.01. The van der Waals surface area contributed by atoms with E-state index in [1.54, 1.807) is 18.7 Å². The van der Waals surface area contributed by atoms with Gasteiger partial charge >= 0.3 is 0 Å². The highest BCUT2D eigenvalue weighted by Gasteiger charge is 2.08. The van der Waals surface area contributed by atoms with Crippen molar-refractivity contribution in [2.45, 2.75) is 6.92 Å². The van der Waals surface area contributed by atoms with Crippen LogP contribution in [0.2, 0.25) is 5.15 Å². The highest BCUT2D eigenvalue weighted by atomic mass is 35.5. The molecule has 0 fully saturated rings. The third-order valence-corrected chi connectivity index (χ3v) is 1.73. The maximum absolute atomic E-state index is 10.3. The standard InChI is InChI=1S/C6H7ClN2O/c1-4-5(3-10)6(7)8-9(4)2/h3H,1-2H3. The van der Waals surface area contributed by atoms with Gasteiger partial charge < -0.3 is 0 Å². The molecule has 0 aliphatic heterocycles. The van der Waals surface area contributed by atoms with Gasteiger partial charge in [-0.05, 0) is 6.92 Å². The van der Waals surface area contributed by atoms with Crippen LogP contribution in [0.1, 0.15) is 16.1 Å². The Kier molecular flexibility index (Phi) is 1.76. The number of halogens is 1. The number of hydrogen-bond donors (Lipinski definition) is 0. The van der Waals surface area contributed by atoms with Crippen LogP contribution < -0.4 is 0 Å². The summed E-state index contributed by atoms with van der Waals surface area (Å²) in [6, 6.07) is 0. The number of aromatic nitrogens is 2. The minimum atomic E-state index is 0.273.